The normalized spacial score (nSPS) is 21.0. The number of aryl methyl sites for hydroxylation is 1. The Kier molecular flexibility index (Phi) is 5.82. The first-order valence-corrected chi connectivity index (χ1v) is 11.6. The fourth-order valence-electron chi connectivity index (χ4n) is 5.07. The summed E-state index contributed by atoms with van der Waals surface area (Å²) < 4.78 is 7.70. The second kappa shape index (κ2) is 8.88. The standard InChI is InChI=1S/C23H30N6O2/c1-2-16-8-9-20-17(13-16)14-19(23(30)24-20)21(28-10-4-3-5-11-28)22-25-26-27-29(22)15-18-7-6-12-31-18/h8-9,13-14,18,21H,2-7,10-12,15H2,1H3,(H,24,30)/p+1/t18-,21+/m0/s1. The summed E-state index contributed by atoms with van der Waals surface area (Å²) in [6.45, 7) is 5.62. The van der Waals surface area contributed by atoms with Gasteiger partial charge in [0.2, 0.25) is 5.82 Å². The van der Waals surface area contributed by atoms with Gasteiger partial charge in [-0.1, -0.05) is 13.0 Å². The van der Waals surface area contributed by atoms with Crippen molar-refractivity contribution < 1.29 is 9.64 Å². The van der Waals surface area contributed by atoms with Crippen LogP contribution in [0.1, 0.15) is 62.0 Å². The summed E-state index contributed by atoms with van der Waals surface area (Å²) in [5.74, 6) is 0.767. The number of hydrogen-bond acceptors (Lipinski definition) is 5. The Bertz CT molecular complexity index is 1090. The molecular formula is C23H31N6O2+. The molecule has 3 aromatic rings. The van der Waals surface area contributed by atoms with E-state index in [0.29, 0.717) is 6.54 Å². The zero-order valence-electron chi connectivity index (χ0n) is 18.1. The van der Waals surface area contributed by atoms with E-state index >= 15 is 0 Å². The summed E-state index contributed by atoms with van der Waals surface area (Å²) >= 11 is 0. The van der Waals surface area contributed by atoms with Crippen LogP contribution < -0.4 is 10.5 Å². The number of aromatic amines is 1. The molecular weight excluding hydrogens is 392 g/mol. The van der Waals surface area contributed by atoms with Crippen LogP contribution in [0.25, 0.3) is 10.9 Å². The number of quaternary nitrogens is 1. The minimum atomic E-state index is -0.185. The van der Waals surface area contributed by atoms with E-state index in [0.717, 1.165) is 74.1 Å². The molecule has 5 rings (SSSR count). The first-order chi connectivity index (χ1) is 15.2. The zero-order valence-corrected chi connectivity index (χ0v) is 18.1. The monoisotopic (exact) mass is 423 g/mol. The van der Waals surface area contributed by atoms with Crippen molar-refractivity contribution in [2.45, 2.75) is 64.1 Å². The van der Waals surface area contributed by atoms with E-state index in [4.69, 9.17) is 4.74 Å². The van der Waals surface area contributed by atoms with Gasteiger partial charge in [0.1, 0.15) is 0 Å². The Morgan fingerprint density at radius 2 is 2.10 bits per heavy atom. The second-order valence-electron chi connectivity index (χ2n) is 8.84. The highest BCUT2D eigenvalue weighted by Gasteiger charge is 2.35. The van der Waals surface area contributed by atoms with E-state index in [1.807, 2.05) is 10.7 Å². The van der Waals surface area contributed by atoms with Crippen LogP contribution in [0.5, 0.6) is 0 Å². The van der Waals surface area contributed by atoms with Crippen molar-refractivity contribution in [3.05, 3.63) is 51.6 Å². The molecule has 1 aromatic carbocycles. The molecule has 2 fully saturated rings. The summed E-state index contributed by atoms with van der Waals surface area (Å²) in [6.07, 6.45) is 6.76. The maximum Gasteiger partial charge on any atom is 0.258 e. The summed E-state index contributed by atoms with van der Waals surface area (Å²) in [5.41, 5.74) is 2.83. The number of ether oxygens (including phenoxy) is 1. The Morgan fingerprint density at radius 3 is 2.87 bits per heavy atom. The maximum atomic E-state index is 13.3. The van der Waals surface area contributed by atoms with Crippen LogP contribution in [-0.2, 0) is 17.7 Å². The number of pyridine rings is 1. The third kappa shape index (κ3) is 4.14. The molecule has 2 aromatic heterocycles. The number of rotatable bonds is 6. The van der Waals surface area contributed by atoms with E-state index in [1.54, 1.807) is 0 Å². The number of H-pyrrole nitrogens is 1. The molecule has 2 saturated heterocycles. The van der Waals surface area contributed by atoms with Gasteiger partial charge in [-0.3, -0.25) is 4.79 Å². The second-order valence-corrected chi connectivity index (χ2v) is 8.84. The highest BCUT2D eigenvalue weighted by Crippen LogP contribution is 2.22. The smallest absolute Gasteiger partial charge is 0.258 e. The number of piperidine rings is 1. The van der Waals surface area contributed by atoms with E-state index in [9.17, 15) is 4.79 Å². The molecule has 0 unspecified atom stereocenters. The van der Waals surface area contributed by atoms with Crippen LogP contribution in [0.4, 0.5) is 0 Å². The maximum absolute atomic E-state index is 13.3. The molecule has 0 saturated carbocycles. The molecule has 2 aliphatic rings. The Hall–Kier alpha value is -2.58. The van der Waals surface area contributed by atoms with Gasteiger partial charge in [0.25, 0.3) is 5.56 Å². The molecule has 4 heterocycles. The van der Waals surface area contributed by atoms with Crippen LogP contribution in [0.3, 0.4) is 0 Å². The van der Waals surface area contributed by atoms with Gasteiger partial charge in [-0.2, -0.15) is 0 Å². The number of fused-ring (bicyclic) bond motifs is 1. The lowest BCUT2D eigenvalue weighted by Crippen LogP contribution is -3.13. The third-order valence-corrected chi connectivity index (χ3v) is 6.78. The SMILES string of the molecule is CCc1ccc2[nH]c(=O)c([C@H](c3nnnn3C[C@@H]3CCCO3)[NH+]3CCCCC3)cc2c1. The van der Waals surface area contributed by atoms with Crippen molar-refractivity contribution in [1.82, 2.24) is 25.2 Å². The van der Waals surface area contributed by atoms with Gasteiger partial charge in [0.05, 0.1) is 31.3 Å². The molecule has 0 aliphatic carbocycles. The summed E-state index contributed by atoms with van der Waals surface area (Å²) in [7, 11) is 0. The minimum Gasteiger partial charge on any atom is -0.376 e. The van der Waals surface area contributed by atoms with Crippen LogP contribution in [0.15, 0.2) is 29.1 Å². The predicted octanol–water partition coefficient (Wildman–Crippen LogP) is 1.41. The van der Waals surface area contributed by atoms with Crippen molar-refractivity contribution in [3.63, 3.8) is 0 Å². The van der Waals surface area contributed by atoms with Gasteiger partial charge >= 0.3 is 0 Å². The van der Waals surface area contributed by atoms with Gasteiger partial charge < -0.3 is 14.6 Å². The molecule has 31 heavy (non-hydrogen) atoms. The van der Waals surface area contributed by atoms with Crippen molar-refractivity contribution >= 4 is 10.9 Å². The van der Waals surface area contributed by atoms with Crippen LogP contribution in [0.2, 0.25) is 0 Å². The number of tetrazole rings is 1. The lowest BCUT2D eigenvalue weighted by Gasteiger charge is -2.30. The lowest BCUT2D eigenvalue weighted by atomic mass is 9.99. The summed E-state index contributed by atoms with van der Waals surface area (Å²) in [5, 5.41) is 13.8. The molecule has 2 N–H and O–H groups in total. The highest BCUT2D eigenvalue weighted by molar-refractivity contribution is 5.79. The average molecular weight is 424 g/mol. The quantitative estimate of drug-likeness (QED) is 0.626. The van der Waals surface area contributed by atoms with Crippen molar-refractivity contribution in [1.29, 1.82) is 0 Å². The molecule has 0 bridgehead atoms. The molecule has 8 heteroatoms. The van der Waals surface area contributed by atoms with Gasteiger partial charge in [-0.05, 0) is 78.1 Å². The largest absolute Gasteiger partial charge is 0.376 e. The number of benzene rings is 1. The molecule has 8 nitrogen and oxygen atoms in total. The number of nitrogens with zero attached hydrogens (tertiary/aromatic N) is 4. The number of hydrogen-bond donors (Lipinski definition) is 2. The molecule has 0 spiro atoms. The molecule has 0 amide bonds. The topological polar surface area (TPSA) is 90.1 Å². The molecule has 164 valence electrons. The van der Waals surface area contributed by atoms with Crippen LogP contribution in [0, 0.1) is 0 Å². The Morgan fingerprint density at radius 1 is 1.23 bits per heavy atom. The average Bonchev–Trinajstić information content (AvgIpc) is 3.48. The Balaban J connectivity index is 1.59. The fraction of sp³-hybridized carbons (Fsp3) is 0.565. The number of likely N-dealkylation sites (tertiary alicyclic amines) is 1. The fourth-order valence-corrected chi connectivity index (χ4v) is 5.07. The molecule has 2 aliphatic heterocycles. The van der Waals surface area contributed by atoms with E-state index < -0.39 is 0 Å². The number of aromatic nitrogens is 5. The first kappa shape index (κ1) is 20.3. The van der Waals surface area contributed by atoms with Crippen molar-refractivity contribution in [2.75, 3.05) is 19.7 Å². The molecule has 2 atom stereocenters. The van der Waals surface area contributed by atoms with Crippen molar-refractivity contribution in [3.8, 4) is 0 Å². The van der Waals surface area contributed by atoms with Gasteiger partial charge in [0.15, 0.2) is 6.04 Å². The first-order valence-electron chi connectivity index (χ1n) is 11.6. The van der Waals surface area contributed by atoms with E-state index in [1.165, 1.54) is 16.9 Å². The third-order valence-electron chi connectivity index (χ3n) is 6.78. The zero-order chi connectivity index (χ0) is 21.2. The van der Waals surface area contributed by atoms with Gasteiger partial charge in [-0.25, -0.2) is 4.68 Å². The highest BCUT2D eigenvalue weighted by atomic mass is 16.5. The summed E-state index contributed by atoms with van der Waals surface area (Å²) in [6, 6.07) is 8.13. The Labute approximate surface area is 181 Å². The number of nitrogens with one attached hydrogen (secondary N) is 2. The van der Waals surface area contributed by atoms with E-state index in [2.05, 4.69) is 45.6 Å². The van der Waals surface area contributed by atoms with Crippen LogP contribution in [-0.4, -0.2) is 51.0 Å². The van der Waals surface area contributed by atoms with E-state index in [-0.39, 0.29) is 17.7 Å². The lowest BCUT2D eigenvalue weighted by molar-refractivity contribution is -0.931. The van der Waals surface area contributed by atoms with Gasteiger partial charge in [0, 0.05) is 12.1 Å². The minimum absolute atomic E-state index is 0.0495. The summed E-state index contributed by atoms with van der Waals surface area (Å²) in [4.78, 5) is 17.7. The predicted molar refractivity (Wildman–Crippen MR) is 117 cm³/mol. The van der Waals surface area contributed by atoms with Crippen LogP contribution >= 0.6 is 0 Å². The van der Waals surface area contributed by atoms with Crippen molar-refractivity contribution in [2.24, 2.45) is 0 Å². The molecule has 0 radical (unpaired) electrons. The van der Waals surface area contributed by atoms with Gasteiger partial charge in [-0.15, -0.1) is 5.10 Å².